The molecule has 0 unspecified atom stereocenters. The molecule has 0 fully saturated rings. The Labute approximate surface area is 107 Å². The van der Waals surface area contributed by atoms with Gasteiger partial charge in [0, 0.05) is 22.0 Å². The Hall–Kier alpha value is -1.49. The van der Waals surface area contributed by atoms with E-state index in [-0.39, 0.29) is 0 Å². The SMILES string of the molecule is Cc1ccc(CNc2ccc(C(F)(F)F)cc2)s1. The van der Waals surface area contributed by atoms with Crippen LogP contribution in [0.2, 0.25) is 0 Å². The molecule has 1 nitrogen and oxygen atoms in total. The number of rotatable bonds is 3. The third-order valence-electron chi connectivity index (χ3n) is 2.47. The lowest BCUT2D eigenvalue weighted by molar-refractivity contribution is -0.137. The number of benzene rings is 1. The van der Waals surface area contributed by atoms with Crippen molar-refractivity contribution < 1.29 is 13.2 Å². The maximum absolute atomic E-state index is 12.4. The Morgan fingerprint density at radius 1 is 1.06 bits per heavy atom. The molecule has 0 aliphatic rings. The van der Waals surface area contributed by atoms with Gasteiger partial charge in [0.05, 0.1) is 5.56 Å². The number of hydrogen-bond acceptors (Lipinski definition) is 2. The van der Waals surface area contributed by atoms with E-state index >= 15 is 0 Å². The van der Waals surface area contributed by atoms with Gasteiger partial charge in [-0.1, -0.05) is 0 Å². The normalized spacial score (nSPS) is 11.6. The zero-order valence-corrected chi connectivity index (χ0v) is 10.5. The highest BCUT2D eigenvalue weighted by Gasteiger charge is 2.29. The molecule has 0 atom stereocenters. The molecule has 2 rings (SSSR count). The molecule has 0 bridgehead atoms. The van der Waals surface area contributed by atoms with E-state index in [1.54, 1.807) is 11.3 Å². The Bertz CT molecular complexity index is 514. The number of anilines is 1. The lowest BCUT2D eigenvalue weighted by Crippen LogP contribution is -2.05. The summed E-state index contributed by atoms with van der Waals surface area (Å²) in [6.45, 7) is 2.65. The third kappa shape index (κ3) is 3.26. The number of nitrogens with one attached hydrogen (secondary N) is 1. The number of thiophene rings is 1. The van der Waals surface area contributed by atoms with Gasteiger partial charge in [0.25, 0.3) is 0 Å². The molecule has 1 aromatic heterocycles. The van der Waals surface area contributed by atoms with Gasteiger partial charge in [0.15, 0.2) is 0 Å². The van der Waals surface area contributed by atoms with E-state index in [9.17, 15) is 13.2 Å². The van der Waals surface area contributed by atoms with Crippen molar-refractivity contribution in [2.24, 2.45) is 0 Å². The second-order valence-corrected chi connectivity index (χ2v) is 5.31. The van der Waals surface area contributed by atoms with E-state index in [2.05, 4.69) is 5.32 Å². The largest absolute Gasteiger partial charge is 0.416 e. The summed E-state index contributed by atoms with van der Waals surface area (Å²) in [4.78, 5) is 2.38. The maximum atomic E-state index is 12.4. The van der Waals surface area contributed by atoms with Crippen LogP contribution in [0.3, 0.4) is 0 Å². The standard InChI is InChI=1S/C13H12F3NS/c1-9-2-7-12(18-9)8-17-11-5-3-10(4-6-11)13(14,15)16/h2-7,17H,8H2,1H3. The molecule has 0 saturated heterocycles. The van der Waals surface area contributed by atoms with E-state index in [0.717, 1.165) is 17.0 Å². The van der Waals surface area contributed by atoms with Crippen molar-refractivity contribution in [2.75, 3.05) is 5.32 Å². The van der Waals surface area contributed by atoms with E-state index in [1.807, 2.05) is 19.1 Å². The molecule has 0 spiro atoms. The lowest BCUT2D eigenvalue weighted by Gasteiger charge is -2.08. The van der Waals surface area contributed by atoms with Crippen LogP contribution in [0.25, 0.3) is 0 Å². The molecule has 0 aliphatic heterocycles. The number of halogens is 3. The summed E-state index contributed by atoms with van der Waals surface area (Å²) in [6.07, 6.45) is -4.27. The molecule has 1 heterocycles. The molecular formula is C13H12F3NS. The van der Waals surface area contributed by atoms with Crippen LogP contribution < -0.4 is 5.32 Å². The zero-order valence-electron chi connectivity index (χ0n) is 9.71. The Morgan fingerprint density at radius 3 is 2.22 bits per heavy atom. The molecule has 1 N–H and O–H groups in total. The van der Waals surface area contributed by atoms with Gasteiger partial charge in [-0.15, -0.1) is 11.3 Å². The smallest absolute Gasteiger partial charge is 0.380 e. The van der Waals surface area contributed by atoms with Crippen LogP contribution in [0, 0.1) is 6.92 Å². The van der Waals surface area contributed by atoms with Gasteiger partial charge in [-0.25, -0.2) is 0 Å². The lowest BCUT2D eigenvalue weighted by atomic mass is 10.2. The van der Waals surface area contributed by atoms with Crippen molar-refractivity contribution in [3.63, 3.8) is 0 Å². The first-order chi connectivity index (χ1) is 8.45. The summed E-state index contributed by atoms with van der Waals surface area (Å²) in [6, 6.07) is 9.10. The predicted molar refractivity (Wildman–Crippen MR) is 67.8 cm³/mol. The number of alkyl halides is 3. The molecule has 0 aliphatic carbocycles. The van der Waals surface area contributed by atoms with Crippen molar-refractivity contribution in [3.8, 4) is 0 Å². The number of aryl methyl sites for hydroxylation is 1. The monoisotopic (exact) mass is 271 g/mol. The summed E-state index contributed by atoms with van der Waals surface area (Å²) in [5.41, 5.74) is 0.0640. The van der Waals surface area contributed by atoms with Crippen LogP contribution in [-0.4, -0.2) is 0 Å². The summed E-state index contributed by atoms with van der Waals surface area (Å²) < 4.78 is 37.1. The second-order valence-electron chi connectivity index (χ2n) is 3.94. The highest BCUT2D eigenvalue weighted by Crippen LogP contribution is 2.30. The van der Waals surface area contributed by atoms with Crippen LogP contribution >= 0.6 is 11.3 Å². The van der Waals surface area contributed by atoms with Crippen molar-refractivity contribution in [3.05, 3.63) is 51.7 Å². The summed E-state index contributed by atoms with van der Waals surface area (Å²) in [5, 5.41) is 3.10. The molecule has 2 aromatic rings. The molecule has 96 valence electrons. The minimum Gasteiger partial charge on any atom is -0.380 e. The first-order valence-corrected chi connectivity index (χ1v) is 6.23. The first-order valence-electron chi connectivity index (χ1n) is 5.41. The van der Waals surface area contributed by atoms with E-state index in [0.29, 0.717) is 12.2 Å². The van der Waals surface area contributed by atoms with Gasteiger partial charge in [0.2, 0.25) is 0 Å². The predicted octanol–water partition coefficient (Wildman–Crippen LogP) is 4.69. The molecule has 0 amide bonds. The Kier molecular flexibility index (Phi) is 3.61. The molecule has 0 radical (unpaired) electrons. The average Bonchev–Trinajstić information content (AvgIpc) is 2.72. The topological polar surface area (TPSA) is 12.0 Å². The third-order valence-corrected chi connectivity index (χ3v) is 3.48. The van der Waals surface area contributed by atoms with Crippen LogP contribution in [-0.2, 0) is 12.7 Å². The second kappa shape index (κ2) is 5.02. The van der Waals surface area contributed by atoms with Crippen LogP contribution in [0.1, 0.15) is 15.3 Å². The fourth-order valence-corrected chi connectivity index (χ4v) is 2.38. The zero-order chi connectivity index (χ0) is 13.2. The van der Waals surface area contributed by atoms with Gasteiger partial charge >= 0.3 is 6.18 Å². The average molecular weight is 271 g/mol. The van der Waals surface area contributed by atoms with Crippen LogP contribution in [0.5, 0.6) is 0 Å². The quantitative estimate of drug-likeness (QED) is 0.854. The molecular weight excluding hydrogens is 259 g/mol. The van der Waals surface area contributed by atoms with E-state index in [1.165, 1.54) is 17.0 Å². The minimum atomic E-state index is -4.27. The molecule has 5 heteroatoms. The van der Waals surface area contributed by atoms with Gasteiger partial charge in [-0.2, -0.15) is 13.2 Å². The van der Waals surface area contributed by atoms with Crippen molar-refractivity contribution in [2.45, 2.75) is 19.6 Å². The Balaban J connectivity index is 1.98. The van der Waals surface area contributed by atoms with Gasteiger partial charge in [-0.3, -0.25) is 0 Å². The Morgan fingerprint density at radius 2 is 1.72 bits per heavy atom. The molecule has 0 saturated carbocycles. The molecule has 18 heavy (non-hydrogen) atoms. The van der Waals surface area contributed by atoms with E-state index in [4.69, 9.17) is 0 Å². The minimum absolute atomic E-state index is 0.625. The fourth-order valence-electron chi connectivity index (χ4n) is 1.55. The van der Waals surface area contributed by atoms with Crippen molar-refractivity contribution >= 4 is 17.0 Å². The summed E-state index contributed by atoms with van der Waals surface area (Å²) in [5.74, 6) is 0. The van der Waals surface area contributed by atoms with Crippen molar-refractivity contribution in [1.82, 2.24) is 0 Å². The van der Waals surface area contributed by atoms with Gasteiger partial charge < -0.3 is 5.32 Å². The fraction of sp³-hybridized carbons (Fsp3) is 0.231. The summed E-state index contributed by atoms with van der Waals surface area (Å²) in [7, 11) is 0. The van der Waals surface area contributed by atoms with E-state index < -0.39 is 11.7 Å². The maximum Gasteiger partial charge on any atom is 0.416 e. The van der Waals surface area contributed by atoms with Crippen molar-refractivity contribution in [1.29, 1.82) is 0 Å². The summed E-state index contributed by atoms with van der Waals surface area (Å²) >= 11 is 1.67. The van der Waals surface area contributed by atoms with Gasteiger partial charge in [0.1, 0.15) is 0 Å². The highest BCUT2D eigenvalue weighted by molar-refractivity contribution is 7.11. The highest BCUT2D eigenvalue weighted by atomic mass is 32.1. The first kappa shape index (κ1) is 13.0. The number of hydrogen-bond donors (Lipinski definition) is 1. The molecule has 1 aromatic carbocycles. The van der Waals surface area contributed by atoms with Gasteiger partial charge in [-0.05, 0) is 43.3 Å². The van der Waals surface area contributed by atoms with Crippen LogP contribution in [0.15, 0.2) is 36.4 Å². The van der Waals surface area contributed by atoms with Crippen LogP contribution in [0.4, 0.5) is 18.9 Å².